The summed E-state index contributed by atoms with van der Waals surface area (Å²) < 4.78 is 5.40. The molecule has 0 bridgehead atoms. The van der Waals surface area contributed by atoms with Gasteiger partial charge in [-0.25, -0.2) is 4.98 Å². The zero-order valence-corrected chi connectivity index (χ0v) is 10.8. The molecular formula is C13H15NO2S. The lowest BCUT2D eigenvalue weighted by Gasteiger charge is -2.03. The van der Waals surface area contributed by atoms with Crippen LogP contribution in [-0.2, 0) is 6.61 Å². The number of hydrogen-bond acceptors (Lipinski definition) is 4. The van der Waals surface area contributed by atoms with Crippen molar-refractivity contribution >= 4 is 11.3 Å². The van der Waals surface area contributed by atoms with Gasteiger partial charge in [0.1, 0.15) is 10.8 Å². The number of nitrogens with zero attached hydrogens (tertiary/aromatic N) is 1. The second-order valence-corrected chi connectivity index (χ2v) is 4.72. The number of ether oxygens (including phenoxy) is 1. The van der Waals surface area contributed by atoms with Crippen molar-refractivity contribution in [3.05, 3.63) is 35.0 Å². The SMILES string of the molecule is CCOc1ccc(-c2sc(CO)nc2C)cc1. The van der Waals surface area contributed by atoms with Crippen LogP contribution < -0.4 is 4.74 Å². The van der Waals surface area contributed by atoms with Gasteiger partial charge in [-0.15, -0.1) is 11.3 Å². The van der Waals surface area contributed by atoms with Crippen molar-refractivity contribution in [2.75, 3.05) is 6.61 Å². The van der Waals surface area contributed by atoms with Gasteiger partial charge in [0.25, 0.3) is 0 Å². The van der Waals surface area contributed by atoms with E-state index in [-0.39, 0.29) is 6.61 Å². The fourth-order valence-electron chi connectivity index (χ4n) is 1.66. The van der Waals surface area contributed by atoms with Crippen LogP contribution in [0.15, 0.2) is 24.3 Å². The summed E-state index contributed by atoms with van der Waals surface area (Å²) in [6.07, 6.45) is 0. The summed E-state index contributed by atoms with van der Waals surface area (Å²) >= 11 is 1.53. The second kappa shape index (κ2) is 5.29. The molecule has 0 saturated heterocycles. The third-order valence-electron chi connectivity index (χ3n) is 2.40. The van der Waals surface area contributed by atoms with Crippen molar-refractivity contribution < 1.29 is 9.84 Å². The molecule has 0 radical (unpaired) electrons. The Kier molecular flexibility index (Phi) is 3.76. The number of aliphatic hydroxyl groups is 1. The topological polar surface area (TPSA) is 42.4 Å². The Bertz CT molecular complexity index is 491. The van der Waals surface area contributed by atoms with Crippen LogP contribution in [0.1, 0.15) is 17.6 Å². The summed E-state index contributed by atoms with van der Waals surface area (Å²) in [7, 11) is 0. The molecule has 1 aromatic heterocycles. The van der Waals surface area contributed by atoms with Gasteiger partial charge < -0.3 is 9.84 Å². The van der Waals surface area contributed by atoms with Gasteiger partial charge in [0, 0.05) is 0 Å². The van der Waals surface area contributed by atoms with Crippen LogP contribution >= 0.6 is 11.3 Å². The second-order valence-electron chi connectivity index (χ2n) is 3.64. The molecule has 0 amide bonds. The number of hydrogen-bond donors (Lipinski definition) is 1. The van der Waals surface area contributed by atoms with Gasteiger partial charge in [0.05, 0.1) is 23.8 Å². The smallest absolute Gasteiger partial charge is 0.119 e. The summed E-state index contributed by atoms with van der Waals surface area (Å²) in [6, 6.07) is 7.95. The fourth-order valence-corrected chi connectivity index (χ4v) is 2.59. The molecule has 1 heterocycles. The zero-order chi connectivity index (χ0) is 12.3. The van der Waals surface area contributed by atoms with Gasteiger partial charge in [-0.05, 0) is 43.7 Å². The highest BCUT2D eigenvalue weighted by molar-refractivity contribution is 7.15. The molecule has 0 unspecified atom stereocenters. The lowest BCUT2D eigenvalue weighted by Crippen LogP contribution is -1.90. The van der Waals surface area contributed by atoms with E-state index in [1.54, 1.807) is 0 Å². The Labute approximate surface area is 105 Å². The normalized spacial score (nSPS) is 10.5. The zero-order valence-electron chi connectivity index (χ0n) is 9.93. The van der Waals surface area contributed by atoms with Crippen LogP contribution in [0.4, 0.5) is 0 Å². The van der Waals surface area contributed by atoms with E-state index in [9.17, 15) is 0 Å². The molecular weight excluding hydrogens is 234 g/mol. The average Bonchev–Trinajstić information content (AvgIpc) is 2.72. The summed E-state index contributed by atoms with van der Waals surface area (Å²) in [6.45, 7) is 4.60. The van der Waals surface area contributed by atoms with Gasteiger partial charge >= 0.3 is 0 Å². The van der Waals surface area contributed by atoms with Crippen LogP contribution in [0.2, 0.25) is 0 Å². The maximum atomic E-state index is 9.06. The van der Waals surface area contributed by atoms with Gasteiger partial charge in [-0.3, -0.25) is 0 Å². The monoisotopic (exact) mass is 249 g/mol. The molecule has 2 rings (SSSR count). The molecule has 90 valence electrons. The van der Waals surface area contributed by atoms with E-state index in [1.165, 1.54) is 11.3 Å². The van der Waals surface area contributed by atoms with Gasteiger partial charge in [-0.2, -0.15) is 0 Å². The predicted molar refractivity (Wildman–Crippen MR) is 69.4 cm³/mol. The first-order valence-corrected chi connectivity index (χ1v) is 6.36. The number of aromatic nitrogens is 1. The minimum atomic E-state index is 0.00252. The Morgan fingerprint density at radius 3 is 2.53 bits per heavy atom. The van der Waals surface area contributed by atoms with Gasteiger partial charge in [-0.1, -0.05) is 0 Å². The molecule has 17 heavy (non-hydrogen) atoms. The number of thiazole rings is 1. The molecule has 0 spiro atoms. The van der Waals surface area contributed by atoms with Gasteiger partial charge in [0.15, 0.2) is 0 Å². The maximum Gasteiger partial charge on any atom is 0.119 e. The highest BCUT2D eigenvalue weighted by Crippen LogP contribution is 2.31. The maximum absolute atomic E-state index is 9.06. The Morgan fingerprint density at radius 1 is 1.29 bits per heavy atom. The first-order chi connectivity index (χ1) is 8.24. The molecule has 0 saturated carbocycles. The average molecular weight is 249 g/mol. The summed E-state index contributed by atoms with van der Waals surface area (Å²) in [5.41, 5.74) is 2.08. The summed E-state index contributed by atoms with van der Waals surface area (Å²) in [4.78, 5) is 5.41. The minimum absolute atomic E-state index is 0.00252. The highest BCUT2D eigenvalue weighted by Gasteiger charge is 2.08. The number of aryl methyl sites for hydroxylation is 1. The van der Waals surface area contributed by atoms with Crippen molar-refractivity contribution in [3.8, 4) is 16.2 Å². The van der Waals surface area contributed by atoms with E-state index < -0.39 is 0 Å². The molecule has 0 aliphatic heterocycles. The van der Waals surface area contributed by atoms with E-state index in [2.05, 4.69) is 4.98 Å². The van der Waals surface area contributed by atoms with Crippen LogP contribution in [0.25, 0.3) is 10.4 Å². The summed E-state index contributed by atoms with van der Waals surface area (Å²) in [5.74, 6) is 0.876. The molecule has 0 aliphatic rings. The van der Waals surface area contributed by atoms with E-state index in [0.29, 0.717) is 6.61 Å². The van der Waals surface area contributed by atoms with Crippen molar-refractivity contribution in [2.24, 2.45) is 0 Å². The molecule has 2 aromatic rings. The highest BCUT2D eigenvalue weighted by atomic mass is 32.1. The Hall–Kier alpha value is -1.39. The predicted octanol–water partition coefficient (Wildman–Crippen LogP) is 3.01. The van der Waals surface area contributed by atoms with E-state index in [0.717, 1.165) is 26.9 Å². The largest absolute Gasteiger partial charge is 0.494 e. The molecule has 0 fully saturated rings. The van der Waals surface area contributed by atoms with E-state index >= 15 is 0 Å². The van der Waals surface area contributed by atoms with Crippen molar-refractivity contribution in [2.45, 2.75) is 20.5 Å². The standard InChI is InChI=1S/C13H15NO2S/c1-3-16-11-6-4-10(5-7-11)13-9(2)14-12(8-15)17-13/h4-7,15H,3,8H2,1-2H3. The van der Waals surface area contributed by atoms with Crippen molar-refractivity contribution in [3.63, 3.8) is 0 Å². The van der Waals surface area contributed by atoms with Crippen LogP contribution in [0.5, 0.6) is 5.75 Å². The molecule has 0 aliphatic carbocycles. The van der Waals surface area contributed by atoms with Crippen LogP contribution in [0.3, 0.4) is 0 Å². The quantitative estimate of drug-likeness (QED) is 0.905. The fraction of sp³-hybridized carbons (Fsp3) is 0.308. The molecule has 0 atom stereocenters. The van der Waals surface area contributed by atoms with E-state index in [1.807, 2.05) is 38.1 Å². The summed E-state index contributed by atoms with van der Waals surface area (Å²) in [5, 5.41) is 9.82. The minimum Gasteiger partial charge on any atom is -0.494 e. The molecule has 3 nitrogen and oxygen atoms in total. The van der Waals surface area contributed by atoms with Crippen LogP contribution in [-0.4, -0.2) is 16.7 Å². The molecule has 1 aromatic carbocycles. The lowest BCUT2D eigenvalue weighted by molar-refractivity contribution is 0.281. The number of benzene rings is 1. The number of aliphatic hydroxyl groups excluding tert-OH is 1. The molecule has 4 heteroatoms. The van der Waals surface area contributed by atoms with Gasteiger partial charge in [0.2, 0.25) is 0 Å². The van der Waals surface area contributed by atoms with Crippen LogP contribution in [0, 0.1) is 6.92 Å². The van der Waals surface area contributed by atoms with Crippen molar-refractivity contribution in [1.29, 1.82) is 0 Å². The third kappa shape index (κ3) is 2.65. The third-order valence-corrected chi connectivity index (χ3v) is 3.59. The Morgan fingerprint density at radius 2 is 2.00 bits per heavy atom. The first kappa shape index (κ1) is 12.1. The lowest BCUT2D eigenvalue weighted by atomic mass is 10.1. The Balaban J connectivity index is 2.29. The van der Waals surface area contributed by atoms with Crippen molar-refractivity contribution in [1.82, 2.24) is 4.98 Å². The number of rotatable bonds is 4. The molecule has 1 N–H and O–H groups in total. The first-order valence-electron chi connectivity index (χ1n) is 5.55. The van der Waals surface area contributed by atoms with E-state index in [4.69, 9.17) is 9.84 Å².